The Kier molecular flexibility index (Phi) is 4.09. The molecule has 0 spiro atoms. The van der Waals surface area contributed by atoms with Crippen molar-refractivity contribution < 1.29 is 14.4 Å². The molecule has 0 radical (unpaired) electrons. The Morgan fingerprint density at radius 3 is 2.79 bits per heavy atom. The molecule has 1 heterocycles. The first-order valence-corrected chi connectivity index (χ1v) is 6.63. The van der Waals surface area contributed by atoms with Gasteiger partial charge in [-0.25, -0.2) is 4.79 Å². The molecule has 2 amide bonds. The minimum atomic E-state index is -0.248. The van der Waals surface area contributed by atoms with Crippen molar-refractivity contribution in [3.8, 4) is 0 Å². The smallest absolute Gasteiger partial charge is 0.315 e. The number of hydrogen-bond acceptors (Lipinski definition) is 4. The number of aliphatic hydroxyl groups excluding tert-OH is 1. The molecule has 0 atom stereocenters. The Balaban J connectivity index is 1.70. The number of carbonyl (C=O) groups excluding carboxylic acids is 1. The highest BCUT2D eigenvalue weighted by atomic mass is 16.5. The summed E-state index contributed by atoms with van der Waals surface area (Å²) in [6.07, 6.45) is 1.95. The predicted molar refractivity (Wildman–Crippen MR) is 69.6 cm³/mol. The molecule has 0 aromatic carbocycles. The fourth-order valence-electron chi connectivity index (χ4n) is 1.75. The first-order chi connectivity index (χ1) is 9.04. The van der Waals surface area contributed by atoms with Crippen LogP contribution in [-0.4, -0.2) is 29.4 Å². The van der Waals surface area contributed by atoms with Crippen molar-refractivity contribution in [3.05, 3.63) is 17.5 Å². The molecule has 19 heavy (non-hydrogen) atoms. The van der Waals surface area contributed by atoms with Gasteiger partial charge in [0, 0.05) is 18.0 Å². The lowest BCUT2D eigenvalue weighted by molar-refractivity contribution is 0.202. The average Bonchev–Trinajstić information content (AvgIpc) is 3.02. The van der Waals surface area contributed by atoms with Gasteiger partial charge in [-0.3, -0.25) is 0 Å². The number of amides is 2. The van der Waals surface area contributed by atoms with E-state index < -0.39 is 0 Å². The Morgan fingerprint density at radius 1 is 1.53 bits per heavy atom. The van der Waals surface area contributed by atoms with E-state index >= 15 is 0 Å². The summed E-state index contributed by atoms with van der Waals surface area (Å²) >= 11 is 0. The molecule has 2 rings (SSSR count). The fraction of sp³-hybridized carbons (Fsp3) is 0.692. The van der Waals surface area contributed by atoms with Crippen molar-refractivity contribution in [1.29, 1.82) is 0 Å². The maximum Gasteiger partial charge on any atom is 0.315 e. The summed E-state index contributed by atoms with van der Waals surface area (Å²) in [6.45, 7) is 5.03. The van der Waals surface area contributed by atoms with Crippen LogP contribution in [0, 0.1) is 5.41 Å². The fourth-order valence-corrected chi connectivity index (χ4v) is 1.75. The summed E-state index contributed by atoms with van der Waals surface area (Å²) in [7, 11) is 0. The van der Waals surface area contributed by atoms with Crippen LogP contribution in [0.2, 0.25) is 0 Å². The van der Waals surface area contributed by atoms with E-state index in [1.165, 1.54) is 0 Å². The van der Waals surface area contributed by atoms with Crippen molar-refractivity contribution >= 4 is 6.03 Å². The Hall–Kier alpha value is -1.56. The van der Waals surface area contributed by atoms with E-state index in [2.05, 4.69) is 15.8 Å². The first-order valence-electron chi connectivity index (χ1n) is 6.63. The molecule has 3 N–H and O–H groups in total. The third-order valence-corrected chi connectivity index (χ3v) is 3.51. The third-order valence-electron chi connectivity index (χ3n) is 3.51. The molecule has 1 fully saturated rings. The molecule has 6 nitrogen and oxygen atoms in total. The lowest BCUT2D eigenvalue weighted by atomic mass is 10.1. The average molecular weight is 267 g/mol. The van der Waals surface area contributed by atoms with Gasteiger partial charge in [0.05, 0.1) is 18.8 Å². The minimum Gasteiger partial charge on any atom is -0.396 e. The third kappa shape index (κ3) is 3.70. The predicted octanol–water partition coefficient (Wildman–Crippen LogP) is 1.37. The molecule has 1 aliphatic rings. The monoisotopic (exact) mass is 267 g/mol. The Morgan fingerprint density at radius 2 is 2.26 bits per heavy atom. The molecule has 1 aromatic heterocycles. The quantitative estimate of drug-likeness (QED) is 0.726. The number of aromatic nitrogens is 1. The molecule has 1 aromatic rings. The molecule has 1 saturated carbocycles. The highest BCUT2D eigenvalue weighted by molar-refractivity contribution is 5.73. The van der Waals surface area contributed by atoms with E-state index in [1.807, 2.05) is 19.9 Å². The van der Waals surface area contributed by atoms with Crippen LogP contribution in [0.25, 0.3) is 0 Å². The number of hydrogen-bond donors (Lipinski definition) is 3. The maximum absolute atomic E-state index is 11.6. The van der Waals surface area contributed by atoms with Crippen LogP contribution in [0.5, 0.6) is 0 Å². The van der Waals surface area contributed by atoms with Gasteiger partial charge in [0.15, 0.2) is 5.76 Å². The summed E-state index contributed by atoms with van der Waals surface area (Å²) in [4.78, 5) is 11.6. The molecule has 6 heteroatoms. The standard InChI is InChI=1S/C13H21N3O3/c1-9(2)11-5-10(19-16-11)6-14-12(18)15-7-13(8-17)3-4-13/h5,9,17H,3-4,6-8H2,1-2H3,(H2,14,15,18). The number of nitrogens with one attached hydrogen (secondary N) is 2. The normalized spacial score (nSPS) is 16.4. The van der Waals surface area contributed by atoms with Gasteiger partial charge in [-0.1, -0.05) is 19.0 Å². The van der Waals surface area contributed by atoms with Crippen LogP contribution >= 0.6 is 0 Å². The second kappa shape index (κ2) is 5.61. The van der Waals surface area contributed by atoms with Crippen LogP contribution in [0.4, 0.5) is 4.79 Å². The van der Waals surface area contributed by atoms with Gasteiger partial charge >= 0.3 is 6.03 Å². The second-order valence-electron chi connectivity index (χ2n) is 5.57. The van der Waals surface area contributed by atoms with Crippen LogP contribution in [0.3, 0.4) is 0 Å². The van der Waals surface area contributed by atoms with Crippen LogP contribution in [0.15, 0.2) is 10.6 Å². The zero-order valence-electron chi connectivity index (χ0n) is 11.4. The van der Waals surface area contributed by atoms with Gasteiger partial charge in [-0.15, -0.1) is 0 Å². The van der Waals surface area contributed by atoms with E-state index in [4.69, 9.17) is 9.63 Å². The Labute approximate surface area is 112 Å². The van der Waals surface area contributed by atoms with Gasteiger partial charge in [0.25, 0.3) is 0 Å². The van der Waals surface area contributed by atoms with E-state index in [1.54, 1.807) is 0 Å². The van der Waals surface area contributed by atoms with Crippen LogP contribution in [0.1, 0.15) is 44.1 Å². The maximum atomic E-state index is 11.6. The number of carbonyl (C=O) groups is 1. The van der Waals surface area contributed by atoms with Crippen molar-refractivity contribution in [2.24, 2.45) is 5.41 Å². The summed E-state index contributed by atoms with van der Waals surface area (Å²) < 4.78 is 5.12. The van der Waals surface area contributed by atoms with Gasteiger partial charge in [-0.05, 0) is 18.8 Å². The minimum absolute atomic E-state index is 0.0750. The van der Waals surface area contributed by atoms with Gasteiger partial charge in [0.1, 0.15) is 0 Å². The summed E-state index contributed by atoms with van der Waals surface area (Å²) in [6, 6.07) is 1.60. The lowest BCUT2D eigenvalue weighted by Gasteiger charge is -2.12. The van der Waals surface area contributed by atoms with Crippen molar-refractivity contribution in [1.82, 2.24) is 15.8 Å². The van der Waals surface area contributed by atoms with Gasteiger partial charge < -0.3 is 20.3 Å². The molecule has 0 bridgehead atoms. The molecular weight excluding hydrogens is 246 g/mol. The number of rotatable bonds is 6. The highest BCUT2D eigenvalue weighted by Crippen LogP contribution is 2.44. The molecule has 0 aliphatic heterocycles. The number of aliphatic hydroxyl groups is 1. The topological polar surface area (TPSA) is 87.4 Å². The number of urea groups is 1. The van der Waals surface area contributed by atoms with Crippen LogP contribution in [-0.2, 0) is 6.54 Å². The molecular formula is C13H21N3O3. The molecule has 0 saturated heterocycles. The SMILES string of the molecule is CC(C)c1cc(CNC(=O)NCC2(CO)CC2)on1. The van der Waals surface area contributed by atoms with Crippen molar-refractivity contribution in [2.75, 3.05) is 13.2 Å². The summed E-state index contributed by atoms with van der Waals surface area (Å²) in [5.74, 6) is 0.952. The molecule has 1 aliphatic carbocycles. The second-order valence-corrected chi connectivity index (χ2v) is 5.57. The summed E-state index contributed by atoms with van der Waals surface area (Å²) in [5.41, 5.74) is 0.809. The van der Waals surface area contributed by atoms with Crippen LogP contribution < -0.4 is 10.6 Å². The molecule has 106 valence electrons. The van der Waals surface area contributed by atoms with Crippen molar-refractivity contribution in [2.45, 2.75) is 39.2 Å². The Bertz CT molecular complexity index is 438. The zero-order chi connectivity index (χ0) is 13.9. The summed E-state index contributed by atoms with van der Waals surface area (Å²) in [5, 5.41) is 18.5. The molecule has 0 unspecified atom stereocenters. The van der Waals surface area contributed by atoms with E-state index in [9.17, 15) is 4.79 Å². The first kappa shape index (κ1) is 13.9. The number of nitrogens with zero attached hydrogens (tertiary/aromatic N) is 1. The van der Waals surface area contributed by atoms with E-state index in [0.29, 0.717) is 24.8 Å². The highest BCUT2D eigenvalue weighted by Gasteiger charge is 2.42. The van der Waals surface area contributed by atoms with Gasteiger partial charge in [-0.2, -0.15) is 0 Å². The largest absolute Gasteiger partial charge is 0.396 e. The van der Waals surface area contributed by atoms with Crippen molar-refractivity contribution in [3.63, 3.8) is 0 Å². The van der Waals surface area contributed by atoms with Gasteiger partial charge in [0.2, 0.25) is 0 Å². The van der Waals surface area contributed by atoms with E-state index in [-0.39, 0.29) is 18.1 Å². The zero-order valence-corrected chi connectivity index (χ0v) is 11.4. The van der Waals surface area contributed by atoms with E-state index in [0.717, 1.165) is 18.5 Å². The lowest BCUT2D eigenvalue weighted by Crippen LogP contribution is -2.39.